The van der Waals surface area contributed by atoms with Crippen molar-refractivity contribution in [2.75, 3.05) is 30.4 Å². The van der Waals surface area contributed by atoms with Gasteiger partial charge in [-0.15, -0.1) is 0 Å². The molecular formula is C20H24ClN3S. The van der Waals surface area contributed by atoms with Crippen molar-refractivity contribution < 1.29 is 0 Å². The highest BCUT2D eigenvalue weighted by atomic mass is 35.5. The molecule has 1 fully saturated rings. The maximum atomic E-state index is 5.91. The SMILES string of the molecule is CN(Cc1ccc(N2CCCCC2)cc1)C(=S)Nc1ccc(Cl)cc1. The molecule has 3 rings (SSSR count). The molecule has 1 saturated heterocycles. The molecule has 0 saturated carbocycles. The second-order valence-electron chi connectivity index (χ2n) is 6.51. The summed E-state index contributed by atoms with van der Waals surface area (Å²) >= 11 is 11.4. The number of hydrogen-bond donors (Lipinski definition) is 1. The van der Waals surface area contributed by atoms with Gasteiger partial charge in [-0.1, -0.05) is 23.7 Å². The molecule has 1 aliphatic heterocycles. The van der Waals surface area contributed by atoms with Crippen LogP contribution in [0.3, 0.4) is 0 Å². The van der Waals surface area contributed by atoms with E-state index in [9.17, 15) is 0 Å². The quantitative estimate of drug-likeness (QED) is 0.746. The number of piperidine rings is 1. The Morgan fingerprint density at radius 3 is 2.32 bits per heavy atom. The zero-order chi connectivity index (χ0) is 17.6. The van der Waals surface area contributed by atoms with Crippen LogP contribution in [0.25, 0.3) is 0 Å². The first-order valence-corrected chi connectivity index (χ1v) is 9.52. The standard InChI is InChI=1S/C20H24ClN3S/c1-23(20(25)22-18-9-7-17(21)8-10-18)15-16-5-11-19(12-6-16)24-13-3-2-4-14-24/h5-12H,2-4,13-15H2,1H3,(H,22,25). The van der Waals surface area contributed by atoms with E-state index in [-0.39, 0.29) is 0 Å². The molecule has 1 aliphatic rings. The molecule has 0 aliphatic carbocycles. The van der Waals surface area contributed by atoms with Gasteiger partial charge < -0.3 is 15.1 Å². The lowest BCUT2D eigenvalue weighted by Gasteiger charge is -2.29. The van der Waals surface area contributed by atoms with Crippen LogP contribution >= 0.6 is 23.8 Å². The Labute approximate surface area is 160 Å². The van der Waals surface area contributed by atoms with Gasteiger partial charge in [-0.2, -0.15) is 0 Å². The van der Waals surface area contributed by atoms with Crippen molar-refractivity contribution in [3.05, 3.63) is 59.1 Å². The molecule has 5 heteroatoms. The van der Waals surface area contributed by atoms with E-state index in [4.69, 9.17) is 23.8 Å². The largest absolute Gasteiger partial charge is 0.372 e. The molecular weight excluding hydrogens is 350 g/mol. The van der Waals surface area contributed by atoms with Crippen LogP contribution < -0.4 is 10.2 Å². The first-order valence-electron chi connectivity index (χ1n) is 8.73. The number of hydrogen-bond acceptors (Lipinski definition) is 2. The third-order valence-corrected chi connectivity index (χ3v) is 5.19. The molecule has 0 atom stereocenters. The van der Waals surface area contributed by atoms with Crippen LogP contribution in [0.15, 0.2) is 48.5 Å². The molecule has 0 bridgehead atoms. The normalized spacial score (nSPS) is 14.2. The smallest absolute Gasteiger partial charge is 0.173 e. The average molecular weight is 374 g/mol. The van der Waals surface area contributed by atoms with Crippen molar-refractivity contribution in [1.29, 1.82) is 0 Å². The molecule has 1 N–H and O–H groups in total. The maximum Gasteiger partial charge on any atom is 0.173 e. The van der Waals surface area contributed by atoms with Crippen LogP contribution in [0.1, 0.15) is 24.8 Å². The lowest BCUT2D eigenvalue weighted by molar-refractivity contribution is 0.508. The van der Waals surface area contributed by atoms with E-state index in [1.54, 1.807) is 0 Å². The van der Waals surface area contributed by atoms with Crippen LogP contribution in [-0.4, -0.2) is 30.1 Å². The number of benzene rings is 2. The predicted molar refractivity (Wildman–Crippen MR) is 112 cm³/mol. The van der Waals surface area contributed by atoms with Crippen molar-refractivity contribution >= 4 is 40.3 Å². The van der Waals surface area contributed by atoms with Crippen LogP contribution in [0.2, 0.25) is 5.02 Å². The van der Waals surface area contributed by atoms with Crippen molar-refractivity contribution in [3.63, 3.8) is 0 Å². The van der Waals surface area contributed by atoms with Crippen LogP contribution in [0.4, 0.5) is 11.4 Å². The average Bonchev–Trinajstić information content (AvgIpc) is 2.65. The highest BCUT2D eigenvalue weighted by Crippen LogP contribution is 2.21. The number of rotatable bonds is 4. The van der Waals surface area contributed by atoms with E-state index in [1.165, 1.54) is 43.6 Å². The molecule has 2 aromatic rings. The Balaban J connectivity index is 1.55. The summed E-state index contributed by atoms with van der Waals surface area (Å²) in [5, 5.41) is 4.66. The first kappa shape index (κ1) is 18.0. The molecule has 3 nitrogen and oxygen atoms in total. The van der Waals surface area contributed by atoms with E-state index in [0.717, 1.165) is 17.3 Å². The third kappa shape index (κ3) is 5.10. The third-order valence-electron chi connectivity index (χ3n) is 4.52. The van der Waals surface area contributed by atoms with Gasteiger partial charge in [0.05, 0.1) is 0 Å². The maximum absolute atomic E-state index is 5.91. The van der Waals surface area contributed by atoms with E-state index >= 15 is 0 Å². The van der Waals surface area contributed by atoms with Gasteiger partial charge >= 0.3 is 0 Å². The summed E-state index contributed by atoms with van der Waals surface area (Å²) in [6, 6.07) is 16.4. The minimum absolute atomic E-state index is 0.697. The van der Waals surface area contributed by atoms with E-state index in [0.29, 0.717) is 5.11 Å². The van der Waals surface area contributed by atoms with E-state index in [1.807, 2.05) is 36.2 Å². The Hall–Kier alpha value is -1.78. The Bertz CT molecular complexity index is 694. The highest BCUT2D eigenvalue weighted by molar-refractivity contribution is 7.80. The second-order valence-corrected chi connectivity index (χ2v) is 7.33. The summed E-state index contributed by atoms with van der Waals surface area (Å²) < 4.78 is 0. The van der Waals surface area contributed by atoms with Gasteiger partial charge in [0, 0.05) is 43.1 Å². The van der Waals surface area contributed by atoms with Crippen LogP contribution in [0.5, 0.6) is 0 Å². The molecule has 1 heterocycles. The van der Waals surface area contributed by atoms with Crippen molar-refractivity contribution in [3.8, 4) is 0 Å². The minimum atomic E-state index is 0.697. The lowest BCUT2D eigenvalue weighted by Crippen LogP contribution is -2.31. The van der Waals surface area contributed by atoms with E-state index in [2.05, 4.69) is 34.5 Å². The zero-order valence-electron chi connectivity index (χ0n) is 14.5. The summed E-state index contributed by atoms with van der Waals surface area (Å²) in [6.45, 7) is 3.13. The molecule has 25 heavy (non-hydrogen) atoms. The molecule has 0 unspecified atom stereocenters. The number of thiocarbonyl (C=S) groups is 1. The Kier molecular flexibility index (Phi) is 6.16. The fraction of sp³-hybridized carbons (Fsp3) is 0.350. The van der Waals surface area contributed by atoms with Gasteiger partial charge in [0.1, 0.15) is 0 Å². The summed E-state index contributed by atoms with van der Waals surface area (Å²) in [7, 11) is 2.00. The van der Waals surface area contributed by atoms with Gasteiger partial charge in [0.15, 0.2) is 5.11 Å². The summed E-state index contributed by atoms with van der Waals surface area (Å²) in [4.78, 5) is 4.52. The topological polar surface area (TPSA) is 18.5 Å². The summed E-state index contributed by atoms with van der Waals surface area (Å²) in [5.41, 5.74) is 3.53. The zero-order valence-corrected chi connectivity index (χ0v) is 16.1. The Morgan fingerprint density at radius 1 is 1.04 bits per heavy atom. The molecule has 0 amide bonds. The van der Waals surface area contributed by atoms with Gasteiger partial charge in [-0.25, -0.2) is 0 Å². The number of anilines is 2. The van der Waals surface area contributed by atoms with Crippen molar-refractivity contribution in [1.82, 2.24) is 4.90 Å². The van der Waals surface area contributed by atoms with Crippen LogP contribution in [0, 0.1) is 0 Å². The monoisotopic (exact) mass is 373 g/mol. The second kappa shape index (κ2) is 8.54. The van der Waals surface area contributed by atoms with Gasteiger partial charge in [0.25, 0.3) is 0 Å². The fourth-order valence-corrected chi connectivity index (χ4v) is 3.37. The van der Waals surface area contributed by atoms with E-state index < -0.39 is 0 Å². The van der Waals surface area contributed by atoms with Crippen LogP contribution in [-0.2, 0) is 6.54 Å². The Morgan fingerprint density at radius 2 is 1.68 bits per heavy atom. The van der Waals surface area contributed by atoms with Gasteiger partial charge in [-0.05, 0) is 73.4 Å². The summed E-state index contributed by atoms with van der Waals surface area (Å²) in [6.07, 6.45) is 3.96. The first-order chi connectivity index (χ1) is 12.1. The minimum Gasteiger partial charge on any atom is -0.372 e. The molecule has 2 aromatic carbocycles. The van der Waals surface area contributed by atoms with Gasteiger partial charge in [-0.3, -0.25) is 0 Å². The van der Waals surface area contributed by atoms with Gasteiger partial charge in [0.2, 0.25) is 0 Å². The number of nitrogens with zero attached hydrogens (tertiary/aromatic N) is 2. The van der Waals surface area contributed by atoms with Crippen molar-refractivity contribution in [2.24, 2.45) is 0 Å². The molecule has 132 valence electrons. The molecule has 0 radical (unpaired) electrons. The number of halogens is 1. The fourth-order valence-electron chi connectivity index (χ4n) is 3.06. The predicted octanol–water partition coefficient (Wildman–Crippen LogP) is 5.16. The highest BCUT2D eigenvalue weighted by Gasteiger charge is 2.11. The van der Waals surface area contributed by atoms with Crippen molar-refractivity contribution in [2.45, 2.75) is 25.8 Å². The molecule has 0 aromatic heterocycles. The summed E-state index contributed by atoms with van der Waals surface area (Å²) in [5.74, 6) is 0. The molecule has 0 spiro atoms. The lowest BCUT2D eigenvalue weighted by atomic mass is 10.1. The number of nitrogens with one attached hydrogen (secondary N) is 1.